The zero-order chi connectivity index (χ0) is 27.1. The van der Waals surface area contributed by atoms with Crippen molar-refractivity contribution in [1.29, 1.82) is 0 Å². The summed E-state index contributed by atoms with van der Waals surface area (Å²) in [6.07, 6.45) is -0.575. The zero-order valence-electron chi connectivity index (χ0n) is 21.4. The SMILES string of the molecule is Cc1ccc2cc1CCCNC(=O)CN(C(=O)CN1CCOC1=O)C[C@@H](C)NC(=O)[C@H]([C@@H](C)O)NC2=O. The van der Waals surface area contributed by atoms with Gasteiger partial charge in [-0.05, 0) is 56.9 Å². The molecule has 202 valence electrons. The molecule has 2 aliphatic rings. The number of nitrogens with one attached hydrogen (secondary N) is 3. The number of aliphatic hydroxyl groups excluding tert-OH is 1. The quantitative estimate of drug-likeness (QED) is 0.414. The van der Waals surface area contributed by atoms with E-state index in [1.54, 1.807) is 19.1 Å². The number of aryl methyl sites for hydroxylation is 2. The Morgan fingerprint density at radius 2 is 1.97 bits per heavy atom. The van der Waals surface area contributed by atoms with Crippen LogP contribution in [-0.4, -0.2) is 102 Å². The molecule has 3 atom stereocenters. The Morgan fingerprint density at radius 3 is 2.65 bits per heavy atom. The number of fused-ring (bicyclic) bond motifs is 2. The largest absolute Gasteiger partial charge is 0.448 e. The van der Waals surface area contributed by atoms with Crippen LogP contribution in [0.2, 0.25) is 0 Å². The van der Waals surface area contributed by atoms with Gasteiger partial charge in [0.2, 0.25) is 17.7 Å². The minimum absolute atomic E-state index is 0.0265. The van der Waals surface area contributed by atoms with E-state index >= 15 is 0 Å². The van der Waals surface area contributed by atoms with E-state index in [-0.39, 0.29) is 38.7 Å². The van der Waals surface area contributed by atoms with Gasteiger partial charge in [-0.3, -0.25) is 24.1 Å². The first-order chi connectivity index (χ1) is 17.5. The fourth-order valence-electron chi connectivity index (χ4n) is 4.24. The topological polar surface area (TPSA) is 157 Å². The summed E-state index contributed by atoms with van der Waals surface area (Å²) < 4.78 is 4.87. The van der Waals surface area contributed by atoms with E-state index in [4.69, 9.17) is 4.74 Å². The highest BCUT2D eigenvalue weighted by atomic mass is 16.6. The summed E-state index contributed by atoms with van der Waals surface area (Å²) in [5, 5.41) is 18.3. The molecule has 1 aromatic carbocycles. The molecule has 12 heteroatoms. The van der Waals surface area contributed by atoms with Crippen LogP contribution in [0.25, 0.3) is 0 Å². The lowest BCUT2D eigenvalue weighted by Crippen LogP contribution is -2.56. The van der Waals surface area contributed by atoms with Crippen LogP contribution in [0.4, 0.5) is 4.79 Å². The summed E-state index contributed by atoms with van der Waals surface area (Å²) in [5.74, 6) is -1.97. The number of hydrogen-bond acceptors (Lipinski definition) is 7. The molecule has 12 nitrogen and oxygen atoms in total. The number of benzene rings is 1. The maximum Gasteiger partial charge on any atom is 0.410 e. The molecule has 1 saturated heterocycles. The maximum absolute atomic E-state index is 13.0. The molecule has 0 radical (unpaired) electrons. The standard InChI is InChI=1S/C25H35N5O7/c1-15-6-7-19-11-18(15)5-4-8-26-20(32)13-30(21(33)14-29-9-10-37-25(29)36)12-16(2)27-24(35)22(17(3)31)28-23(19)34/h6-7,11,16-17,22,31H,4-5,8-10,12-14H2,1-3H3,(H,26,32)(H,27,35)(H,28,34)/t16-,17-,22+/m1/s1. The summed E-state index contributed by atoms with van der Waals surface area (Å²) in [5.41, 5.74) is 2.27. The van der Waals surface area contributed by atoms with Gasteiger partial charge in [0, 0.05) is 24.7 Å². The summed E-state index contributed by atoms with van der Waals surface area (Å²) >= 11 is 0. The van der Waals surface area contributed by atoms with Crippen molar-refractivity contribution in [1.82, 2.24) is 25.8 Å². The Balaban J connectivity index is 1.82. The molecule has 0 saturated carbocycles. The minimum atomic E-state index is -1.23. The van der Waals surface area contributed by atoms with E-state index in [2.05, 4.69) is 16.0 Å². The van der Waals surface area contributed by atoms with E-state index in [0.717, 1.165) is 11.1 Å². The first kappa shape index (κ1) is 27.9. The molecule has 4 N–H and O–H groups in total. The Morgan fingerprint density at radius 1 is 1.22 bits per heavy atom. The van der Waals surface area contributed by atoms with Crippen LogP contribution in [0.1, 0.15) is 41.8 Å². The average Bonchev–Trinajstić information content (AvgIpc) is 3.23. The third kappa shape index (κ3) is 7.66. The van der Waals surface area contributed by atoms with Crippen LogP contribution in [-0.2, 0) is 25.5 Å². The fraction of sp³-hybridized carbons (Fsp3) is 0.560. The van der Waals surface area contributed by atoms with Gasteiger partial charge in [-0.2, -0.15) is 0 Å². The van der Waals surface area contributed by atoms with Crippen molar-refractivity contribution in [3.8, 4) is 0 Å². The lowest BCUT2D eigenvalue weighted by Gasteiger charge is -2.29. The van der Waals surface area contributed by atoms with Crippen LogP contribution in [0.15, 0.2) is 18.2 Å². The molecule has 0 aromatic heterocycles. The molecule has 37 heavy (non-hydrogen) atoms. The second kappa shape index (κ2) is 12.5. The van der Waals surface area contributed by atoms with Crippen molar-refractivity contribution in [3.05, 3.63) is 34.9 Å². The van der Waals surface area contributed by atoms with Gasteiger partial charge in [-0.1, -0.05) is 6.07 Å². The lowest BCUT2D eigenvalue weighted by molar-refractivity contribution is -0.137. The molecule has 3 rings (SSSR count). The van der Waals surface area contributed by atoms with E-state index in [1.165, 1.54) is 16.7 Å². The summed E-state index contributed by atoms with van der Waals surface area (Å²) in [7, 11) is 0. The highest BCUT2D eigenvalue weighted by Gasteiger charge is 2.30. The highest BCUT2D eigenvalue weighted by Crippen LogP contribution is 2.14. The van der Waals surface area contributed by atoms with Crippen LogP contribution in [0, 0.1) is 6.92 Å². The lowest BCUT2D eigenvalue weighted by atomic mass is 10.00. The summed E-state index contributed by atoms with van der Waals surface area (Å²) in [4.78, 5) is 65.8. The second-order valence-electron chi connectivity index (χ2n) is 9.51. The molecule has 5 amide bonds. The predicted octanol–water partition coefficient (Wildman–Crippen LogP) is -0.678. The number of ether oxygens (including phenoxy) is 1. The van der Waals surface area contributed by atoms with Crippen molar-refractivity contribution >= 4 is 29.7 Å². The first-order valence-electron chi connectivity index (χ1n) is 12.4. The molecule has 0 unspecified atom stereocenters. The Labute approximate surface area is 215 Å². The van der Waals surface area contributed by atoms with Crippen molar-refractivity contribution in [3.63, 3.8) is 0 Å². The molecule has 2 bridgehead atoms. The van der Waals surface area contributed by atoms with Gasteiger partial charge in [-0.15, -0.1) is 0 Å². The molecule has 0 aliphatic carbocycles. The Hall–Kier alpha value is -3.67. The highest BCUT2D eigenvalue weighted by molar-refractivity contribution is 5.98. The van der Waals surface area contributed by atoms with E-state index < -0.39 is 42.0 Å². The maximum atomic E-state index is 13.0. The van der Waals surface area contributed by atoms with Gasteiger partial charge in [0.25, 0.3) is 5.91 Å². The molecule has 2 aliphatic heterocycles. The predicted molar refractivity (Wildman–Crippen MR) is 133 cm³/mol. The first-order valence-corrected chi connectivity index (χ1v) is 12.4. The van der Waals surface area contributed by atoms with Crippen LogP contribution in [0.3, 0.4) is 0 Å². The molecular weight excluding hydrogens is 482 g/mol. The minimum Gasteiger partial charge on any atom is -0.448 e. The fourth-order valence-corrected chi connectivity index (χ4v) is 4.24. The smallest absolute Gasteiger partial charge is 0.410 e. The van der Waals surface area contributed by atoms with Crippen molar-refractivity contribution in [2.75, 3.05) is 39.3 Å². The van der Waals surface area contributed by atoms with E-state index in [9.17, 15) is 29.1 Å². The number of carbonyl (C=O) groups excluding carboxylic acids is 5. The molecular formula is C25H35N5O7. The number of cyclic esters (lactones) is 1. The number of aliphatic hydroxyl groups is 1. The third-order valence-corrected chi connectivity index (χ3v) is 6.35. The van der Waals surface area contributed by atoms with E-state index in [1.807, 2.05) is 13.0 Å². The zero-order valence-corrected chi connectivity index (χ0v) is 21.4. The summed E-state index contributed by atoms with van der Waals surface area (Å²) in [6, 6.07) is 3.35. The van der Waals surface area contributed by atoms with Crippen LogP contribution in [0.5, 0.6) is 0 Å². The summed E-state index contributed by atoms with van der Waals surface area (Å²) in [6.45, 7) is 5.24. The Bertz CT molecular complexity index is 1040. The monoisotopic (exact) mass is 517 g/mol. The number of rotatable bonds is 3. The van der Waals surface area contributed by atoms with Gasteiger partial charge < -0.3 is 30.7 Å². The van der Waals surface area contributed by atoms with Gasteiger partial charge in [0.05, 0.1) is 19.2 Å². The third-order valence-electron chi connectivity index (χ3n) is 6.35. The van der Waals surface area contributed by atoms with Gasteiger partial charge in [0.1, 0.15) is 19.2 Å². The number of carbonyl (C=O) groups is 5. The Kier molecular flexibility index (Phi) is 9.45. The van der Waals surface area contributed by atoms with Crippen molar-refractivity contribution in [2.45, 2.75) is 51.8 Å². The van der Waals surface area contributed by atoms with Gasteiger partial charge in [-0.25, -0.2) is 4.79 Å². The van der Waals surface area contributed by atoms with Gasteiger partial charge in [0.15, 0.2) is 0 Å². The number of hydrogen-bond donors (Lipinski definition) is 4. The number of amides is 5. The number of nitrogens with zero attached hydrogens (tertiary/aromatic N) is 2. The van der Waals surface area contributed by atoms with Crippen LogP contribution >= 0.6 is 0 Å². The molecule has 2 heterocycles. The van der Waals surface area contributed by atoms with Crippen LogP contribution < -0.4 is 16.0 Å². The normalized spacial score (nSPS) is 22.9. The average molecular weight is 518 g/mol. The molecule has 0 spiro atoms. The van der Waals surface area contributed by atoms with Gasteiger partial charge >= 0.3 is 6.09 Å². The van der Waals surface area contributed by atoms with Crippen molar-refractivity contribution < 1.29 is 33.8 Å². The van der Waals surface area contributed by atoms with Crippen molar-refractivity contribution in [2.24, 2.45) is 0 Å². The van der Waals surface area contributed by atoms with E-state index in [0.29, 0.717) is 24.9 Å². The molecule has 1 fully saturated rings. The second-order valence-corrected chi connectivity index (χ2v) is 9.51. The molecule has 1 aromatic rings.